The molecule has 2 N–H and O–H groups in total. The Labute approximate surface area is 189 Å². The molecule has 0 spiro atoms. The van der Waals surface area contributed by atoms with Gasteiger partial charge in [0.1, 0.15) is 12.4 Å². The summed E-state index contributed by atoms with van der Waals surface area (Å²) in [7, 11) is 3.93. The Balaban J connectivity index is 1.48. The summed E-state index contributed by atoms with van der Waals surface area (Å²) in [6.07, 6.45) is 6.23. The molecule has 1 aliphatic heterocycles. The minimum Gasteiger partial charge on any atom is -0.367 e. The van der Waals surface area contributed by atoms with E-state index in [-0.39, 0.29) is 6.04 Å². The van der Waals surface area contributed by atoms with Gasteiger partial charge in [-0.05, 0) is 32.3 Å². The van der Waals surface area contributed by atoms with Crippen molar-refractivity contribution in [2.45, 2.75) is 45.3 Å². The van der Waals surface area contributed by atoms with Crippen LogP contribution < -0.4 is 15.5 Å². The van der Waals surface area contributed by atoms with Crippen LogP contribution in [0.2, 0.25) is 0 Å². The molecule has 2 atom stereocenters. The van der Waals surface area contributed by atoms with E-state index in [2.05, 4.69) is 68.2 Å². The Morgan fingerprint density at radius 3 is 2.72 bits per heavy atom. The highest BCUT2D eigenvalue weighted by atomic mass is 15.3. The topological polar surface area (TPSA) is 88.2 Å². The summed E-state index contributed by atoms with van der Waals surface area (Å²) in [4.78, 5) is 7.25. The minimum absolute atomic E-state index is 0.127. The smallest absolute Gasteiger partial charge is 0.192 e. The largest absolute Gasteiger partial charge is 0.367 e. The Hall–Kier alpha value is -3.36. The number of guanidine groups is 1. The first-order chi connectivity index (χ1) is 15.5. The van der Waals surface area contributed by atoms with Gasteiger partial charge in [-0.15, -0.1) is 10.2 Å². The molecule has 2 aromatic heterocycles. The SMILES string of the molecule is Cc1nnc(CN=C(NC2CCCN(c3cnn(C)c3)C2)NC(C)c2ccccc2)n1C. The van der Waals surface area contributed by atoms with E-state index in [0.717, 1.165) is 49.2 Å². The molecule has 1 saturated heterocycles. The van der Waals surface area contributed by atoms with Gasteiger partial charge < -0.3 is 20.1 Å². The summed E-state index contributed by atoms with van der Waals surface area (Å²) in [6, 6.07) is 10.8. The summed E-state index contributed by atoms with van der Waals surface area (Å²) in [5, 5.41) is 20.0. The molecule has 0 aliphatic carbocycles. The molecule has 3 heterocycles. The van der Waals surface area contributed by atoms with Crippen LogP contribution >= 0.6 is 0 Å². The zero-order valence-corrected chi connectivity index (χ0v) is 19.4. The molecule has 170 valence electrons. The van der Waals surface area contributed by atoms with E-state index in [0.29, 0.717) is 12.6 Å². The van der Waals surface area contributed by atoms with Gasteiger partial charge in [-0.1, -0.05) is 30.3 Å². The molecule has 0 amide bonds. The number of rotatable bonds is 6. The fraction of sp³-hybridized carbons (Fsp3) is 0.478. The van der Waals surface area contributed by atoms with Crippen molar-refractivity contribution in [1.29, 1.82) is 0 Å². The highest BCUT2D eigenvalue weighted by molar-refractivity contribution is 5.80. The fourth-order valence-corrected chi connectivity index (χ4v) is 4.00. The van der Waals surface area contributed by atoms with Crippen molar-refractivity contribution < 1.29 is 0 Å². The van der Waals surface area contributed by atoms with Gasteiger partial charge in [-0.25, -0.2) is 4.99 Å². The van der Waals surface area contributed by atoms with Gasteiger partial charge in [0.25, 0.3) is 0 Å². The fourth-order valence-electron chi connectivity index (χ4n) is 4.00. The number of benzene rings is 1. The van der Waals surface area contributed by atoms with Gasteiger partial charge in [0, 0.05) is 39.4 Å². The van der Waals surface area contributed by atoms with Gasteiger partial charge in [0.05, 0.1) is 17.9 Å². The maximum absolute atomic E-state index is 4.87. The van der Waals surface area contributed by atoms with E-state index in [1.165, 1.54) is 5.56 Å². The van der Waals surface area contributed by atoms with E-state index in [1.807, 2.05) is 42.5 Å². The average Bonchev–Trinajstić information content (AvgIpc) is 3.38. The van der Waals surface area contributed by atoms with Gasteiger partial charge in [-0.2, -0.15) is 5.10 Å². The summed E-state index contributed by atoms with van der Waals surface area (Å²) in [6.45, 7) is 6.52. The van der Waals surface area contributed by atoms with Gasteiger partial charge in [0.2, 0.25) is 0 Å². The predicted octanol–water partition coefficient (Wildman–Crippen LogP) is 2.32. The third kappa shape index (κ3) is 5.27. The van der Waals surface area contributed by atoms with Crippen LogP contribution in [0.15, 0.2) is 47.7 Å². The summed E-state index contributed by atoms with van der Waals surface area (Å²) in [5.41, 5.74) is 2.38. The third-order valence-electron chi connectivity index (χ3n) is 6.03. The third-order valence-corrected chi connectivity index (χ3v) is 6.03. The molecule has 0 saturated carbocycles. The number of hydrogen-bond donors (Lipinski definition) is 2. The van der Waals surface area contributed by atoms with Gasteiger partial charge >= 0.3 is 0 Å². The highest BCUT2D eigenvalue weighted by Gasteiger charge is 2.22. The number of piperidine rings is 1. The first-order valence-electron chi connectivity index (χ1n) is 11.2. The Kier molecular flexibility index (Phi) is 6.72. The molecule has 4 rings (SSSR count). The van der Waals surface area contributed by atoms with Crippen LogP contribution in [0.4, 0.5) is 5.69 Å². The second-order valence-electron chi connectivity index (χ2n) is 8.47. The zero-order chi connectivity index (χ0) is 22.5. The van der Waals surface area contributed by atoms with E-state index in [1.54, 1.807) is 0 Å². The van der Waals surface area contributed by atoms with Crippen molar-refractivity contribution in [1.82, 2.24) is 35.2 Å². The molecule has 2 unspecified atom stereocenters. The van der Waals surface area contributed by atoms with Crippen LogP contribution in [0, 0.1) is 6.92 Å². The normalized spacial score (nSPS) is 17.9. The molecular weight excluding hydrogens is 402 g/mol. The van der Waals surface area contributed by atoms with Crippen LogP contribution in [-0.4, -0.2) is 49.6 Å². The number of nitrogens with zero attached hydrogens (tertiary/aromatic N) is 7. The summed E-state index contributed by atoms with van der Waals surface area (Å²) < 4.78 is 3.83. The number of nitrogens with one attached hydrogen (secondary N) is 2. The van der Waals surface area contributed by atoms with Crippen molar-refractivity contribution in [2.24, 2.45) is 19.1 Å². The Bertz CT molecular complexity index is 1040. The number of aromatic nitrogens is 5. The van der Waals surface area contributed by atoms with Crippen LogP contribution in [0.3, 0.4) is 0 Å². The van der Waals surface area contributed by atoms with Gasteiger partial charge in [-0.3, -0.25) is 4.68 Å². The molecule has 1 aliphatic rings. The standard InChI is InChI=1S/C23H33N9/c1-17(19-9-6-5-7-10-19)26-23(24-14-22-29-28-18(2)31(22)4)27-20-11-8-12-32(15-20)21-13-25-30(3)16-21/h5-7,9-10,13,16-17,20H,8,11-12,14-15H2,1-4H3,(H2,24,26,27). The molecule has 1 fully saturated rings. The van der Waals surface area contributed by atoms with Crippen molar-refractivity contribution in [3.63, 3.8) is 0 Å². The second kappa shape index (κ2) is 9.84. The highest BCUT2D eigenvalue weighted by Crippen LogP contribution is 2.19. The first-order valence-corrected chi connectivity index (χ1v) is 11.2. The molecule has 9 heteroatoms. The zero-order valence-electron chi connectivity index (χ0n) is 19.4. The monoisotopic (exact) mass is 435 g/mol. The molecule has 1 aromatic carbocycles. The molecule has 9 nitrogen and oxygen atoms in total. The maximum atomic E-state index is 4.87. The Morgan fingerprint density at radius 1 is 1.22 bits per heavy atom. The second-order valence-corrected chi connectivity index (χ2v) is 8.47. The van der Waals surface area contributed by atoms with E-state index >= 15 is 0 Å². The summed E-state index contributed by atoms with van der Waals surface area (Å²) >= 11 is 0. The lowest BCUT2D eigenvalue weighted by Crippen LogP contribution is -2.51. The van der Waals surface area contributed by atoms with Crippen molar-refractivity contribution in [3.8, 4) is 0 Å². The van der Waals surface area contributed by atoms with Crippen LogP contribution in [-0.2, 0) is 20.6 Å². The van der Waals surface area contributed by atoms with E-state index < -0.39 is 0 Å². The average molecular weight is 436 g/mol. The molecule has 3 aromatic rings. The molecule has 0 bridgehead atoms. The van der Waals surface area contributed by atoms with Gasteiger partial charge in [0.15, 0.2) is 11.8 Å². The van der Waals surface area contributed by atoms with Crippen molar-refractivity contribution in [3.05, 3.63) is 59.9 Å². The predicted molar refractivity (Wildman–Crippen MR) is 126 cm³/mol. The van der Waals surface area contributed by atoms with Crippen LogP contribution in [0.25, 0.3) is 0 Å². The maximum Gasteiger partial charge on any atom is 0.192 e. The lowest BCUT2D eigenvalue weighted by Gasteiger charge is -2.35. The Morgan fingerprint density at radius 2 is 2.03 bits per heavy atom. The lowest BCUT2D eigenvalue weighted by molar-refractivity contribution is 0.465. The van der Waals surface area contributed by atoms with Crippen LogP contribution in [0.1, 0.15) is 43.0 Å². The van der Waals surface area contributed by atoms with E-state index in [9.17, 15) is 0 Å². The lowest BCUT2D eigenvalue weighted by atomic mass is 10.1. The van der Waals surface area contributed by atoms with Crippen molar-refractivity contribution in [2.75, 3.05) is 18.0 Å². The number of hydrogen-bond acceptors (Lipinski definition) is 5. The number of anilines is 1. The molecular formula is C23H33N9. The molecule has 0 radical (unpaired) electrons. The van der Waals surface area contributed by atoms with E-state index in [4.69, 9.17) is 4.99 Å². The number of aliphatic imine (C=N–C) groups is 1. The minimum atomic E-state index is 0.127. The van der Waals surface area contributed by atoms with Crippen LogP contribution in [0.5, 0.6) is 0 Å². The van der Waals surface area contributed by atoms with Crippen molar-refractivity contribution >= 4 is 11.6 Å². The number of aryl methyl sites for hydroxylation is 2. The molecule has 32 heavy (non-hydrogen) atoms. The quantitative estimate of drug-likeness (QED) is 0.456. The first kappa shape index (κ1) is 21.9. The summed E-state index contributed by atoms with van der Waals surface area (Å²) in [5.74, 6) is 2.52.